The van der Waals surface area contributed by atoms with Gasteiger partial charge in [0.1, 0.15) is 5.92 Å². The molecule has 24 heavy (non-hydrogen) atoms. The van der Waals surface area contributed by atoms with E-state index >= 15 is 0 Å². The normalized spacial score (nSPS) is 10.3. The predicted molar refractivity (Wildman–Crippen MR) is 106 cm³/mol. The predicted octanol–water partition coefficient (Wildman–Crippen LogP) is 6.03. The largest absolute Gasteiger partial charge is 0.481 e. The molecule has 0 aliphatic rings. The van der Waals surface area contributed by atoms with E-state index in [0.717, 1.165) is 0 Å². The Morgan fingerprint density at radius 2 is 1.54 bits per heavy atom. The number of allylic oxidation sites excluding steroid dienone is 2. The summed E-state index contributed by atoms with van der Waals surface area (Å²) in [6, 6.07) is 1.74. The van der Waals surface area contributed by atoms with Crippen LogP contribution in [0, 0.1) is 23.2 Å². The van der Waals surface area contributed by atoms with Crippen molar-refractivity contribution in [1.29, 1.82) is 5.26 Å². The molecule has 0 heterocycles. The van der Waals surface area contributed by atoms with Gasteiger partial charge < -0.3 is 10.2 Å². The van der Waals surface area contributed by atoms with Crippen molar-refractivity contribution in [3.8, 4) is 6.07 Å². The highest BCUT2D eigenvalue weighted by atomic mass is 16.4. The zero-order valence-electron chi connectivity index (χ0n) is 10.1. The number of carbonyl (C=O) groups is 2. The summed E-state index contributed by atoms with van der Waals surface area (Å²) in [7, 11) is 0. The molecule has 0 radical (unpaired) electrons. The van der Waals surface area contributed by atoms with E-state index < -0.39 is 17.9 Å². The summed E-state index contributed by atoms with van der Waals surface area (Å²) in [6.45, 7) is 3.61. The molecule has 0 amide bonds. The molecule has 0 aliphatic heterocycles. The number of aliphatic carboxylic acids is 2. The van der Waals surface area contributed by atoms with E-state index in [0.29, 0.717) is 12.8 Å². The standard InChI is InChI=1S/C13H17NO4.6CH4/c1-2-10(8-11(9-14)13(17)18)6-4-3-5-7-12(15)16;;;;;;/h2-3,5,10-11H,1,4,6-8H2,(H,15,16)(H,17,18);6*1H4. The summed E-state index contributed by atoms with van der Waals surface area (Å²) >= 11 is 0. The smallest absolute Gasteiger partial charge is 0.320 e. The second-order valence-corrected chi connectivity index (χ2v) is 3.90. The average molecular weight is 348 g/mol. The van der Waals surface area contributed by atoms with E-state index in [1.807, 2.05) is 0 Å². The van der Waals surface area contributed by atoms with Crippen molar-refractivity contribution < 1.29 is 19.8 Å². The zero-order chi connectivity index (χ0) is 14.0. The van der Waals surface area contributed by atoms with Crippen LogP contribution in [0.4, 0.5) is 0 Å². The van der Waals surface area contributed by atoms with Gasteiger partial charge in [-0.2, -0.15) is 5.26 Å². The second-order valence-electron chi connectivity index (χ2n) is 3.90. The summed E-state index contributed by atoms with van der Waals surface area (Å²) in [5.74, 6) is -3.08. The summed E-state index contributed by atoms with van der Waals surface area (Å²) < 4.78 is 0. The summed E-state index contributed by atoms with van der Waals surface area (Å²) in [6.07, 6.45) is 6.45. The third kappa shape index (κ3) is 22.2. The number of nitriles is 1. The number of carboxylic acids is 2. The van der Waals surface area contributed by atoms with Crippen LogP contribution in [-0.2, 0) is 9.59 Å². The minimum Gasteiger partial charge on any atom is -0.481 e. The third-order valence-electron chi connectivity index (χ3n) is 2.49. The zero-order valence-corrected chi connectivity index (χ0v) is 10.1. The van der Waals surface area contributed by atoms with E-state index in [9.17, 15) is 9.59 Å². The Balaban J connectivity index is -0.0000000963. The fourth-order valence-corrected chi connectivity index (χ4v) is 1.46. The number of nitrogens with zero attached hydrogens (tertiary/aromatic N) is 1. The molecule has 0 aromatic heterocycles. The fourth-order valence-electron chi connectivity index (χ4n) is 1.46. The van der Waals surface area contributed by atoms with Crippen LogP contribution in [-0.4, -0.2) is 22.2 Å². The Kier molecular flexibility index (Phi) is 46.4. The van der Waals surface area contributed by atoms with Gasteiger partial charge in [0, 0.05) is 0 Å². The molecule has 5 nitrogen and oxygen atoms in total. The van der Waals surface area contributed by atoms with Crippen LogP contribution in [0.2, 0.25) is 0 Å². The van der Waals surface area contributed by atoms with Crippen LogP contribution in [0.5, 0.6) is 0 Å². The van der Waals surface area contributed by atoms with Crippen molar-refractivity contribution in [2.45, 2.75) is 70.2 Å². The lowest BCUT2D eigenvalue weighted by Gasteiger charge is -2.12. The Hall–Kier alpha value is -2.09. The molecule has 0 aromatic carbocycles. The highest BCUT2D eigenvalue weighted by Gasteiger charge is 2.20. The number of hydrogen-bond donors (Lipinski definition) is 2. The van der Waals surface area contributed by atoms with Crippen molar-refractivity contribution in [2.75, 3.05) is 0 Å². The highest BCUT2D eigenvalue weighted by Crippen LogP contribution is 2.19. The molecular formula is C19H41NO4. The van der Waals surface area contributed by atoms with Gasteiger partial charge in [-0.05, 0) is 25.2 Å². The average Bonchev–Trinajstić information content (AvgIpc) is 2.31. The lowest BCUT2D eigenvalue weighted by atomic mass is 9.91. The van der Waals surface area contributed by atoms with Gasteiger partial charge in [0.2, 0.25) is 0 Å². The molecule has 0 saturated heterocycles. The Morgan fingerprint density at radius 1 is 1.04 bits per heavy atom. The van der Waals surface area contributed by atoms with Gasteiger partial charge in [-0.1, -0.05) is 62.8 Å². The molecule has 5 heteroatoms. The van der Waals surface area contributed by atoms with E-state index in [2.05, 4.69) is 6.58 Å². The molecule has 0 aromatic rings. The lowest BCUT2D eigenvalue weighted by molar-refractivity contribution is -0.140. The quantitative estimate of drug-likeness (QED) is 0.496. The van der Waals surface area contributed by atoms with Gasteiger partial charge in [-0.3, -0.25) is 9.59 Å². The SMILES string of the molecule is C.C.C.C.C.C.C=CC(CCC=CCC(=O)O)CC(C#N)C(=O)O. The Morgan fingerprint density at radius 3 is 1.88 bits per heavy atom. The van der Waals surface area contributed by atoms with Crippen LogP contribution in [0.25, 0.3) is 0 Å². The van der Waals surface area contributed by atoms with E-state index in [-0.39, 0.29) is 63.3 Å². The molecule has 0 aliphatic carbocycles. The maximum absolute atomic E-state index is 10.7. The van der Waals surface area contributed by atoms with Gasteiger partial charge in [0.15, 0.2) is 0 Å². The van der Waals surface area contributed by atoms with Gasteiger partial charge in [0.05, 0.1) is 12.5 Å². The number of carboxylic acid groups (broad SMARTS) is 2. The summed E-state index contributed by atoms with van der Waals surface area (Å²) in [5, 5.41) is 25.8. The first-order valence-corrected chi connectivity index (χ1v) is 5.63. The number of rotatable bonds is 9. The Labute approximate surface area is 150 Å². The first-order chi connectivity index (χ1) is 8.51. The topological polar surface area (TPSA) is 98.4 Å². The van der Waals surface area contributed by atoms with Crippen molar-refractivity contribution >= 4 is 11.9 Å². The second kappa shape index (κ2) is 25.8. The highest BCUT2D eigenvalue weighted by molar-refractivity contribution is 5.72. The lowest BCUT2D eigenvalue weighted by Crippen LogP contribution is -2.15. The fraction of sp³-hybridized carbons (Fsp3) is 0.632. The first-order valence-electron chi connectivity index (χ1n) is 5.63. The molecule has 2 unspecified atom stereocenters. The molecular weight excluding hydrogens is 306 g/mol. The van der Waals surface area contributed by atoms with Crippen LogP contribution in [0.15, 0.2) is 24.8 Å². The molecule has 0 spiro atoms. The molecule has 0 saturated carbocycles. The van der Waals surface area contributed by atoms with Crippen molar-refractivity contribution in [2.24, 2.45) is 11.8 Å². The van der Waals surface area contributed by atoms with Gasteiger partial charge in [0.25, 0.3) is 0 Å². The summed E-state index contributed by atoms with van der Waals surface area (Å²) in [5.41, 5.74) is 0. The Bertz CT molecular complexity index is 370. The van der Waals surface area contributed by atoms with Crippen LogP contribution >= 0.6 is 0 Å². The van der Waals surface area contributed by atoms with Crippen molar-refractivity contribution in [1.82, 2.24) is 0 Å². The van der Waals surface area contributed by atoms with Crippen LogP contribution < -0.4 is 0 Å². The van der Waals surface area contributed by atoms with Crippen LogP contribution in [0.3, 0.4) is 0 Å². The number of hydrogen-bond acceptors (Lipinski definition) is 3. The van der Waals surface area contributed by atoms with Gasteiger partial charge in [-0.15, -0.1) is 6.58 Å². The van der Waals surface area contributed by atoms with E-state index in [1.54, 1.807) is 24.3 Å². The molecule has 2 atom stereocenters. The minimum absolute atomic E-state index is 0. The monoisotopic (exact) mass is 347 g/mol. The third-order valence-corrected chi connectivity index (χ3v) is 2.49. The van der Waals surface area contributed by atoms with Gasteiger partial charge >= 0.3 is 11.9 Å². The maximum Gasteiger partial charge on any atom is 0.320 e. The first kappa shape index (κ1) is 43.1. The van der Waals surface area contributed by atoms with Crippen molar-refractivity contribution in [3.63, 3.8) is 0 Å². The summed E-state index contributed by atoms with van der Waals surface area (Å²) in [4.78, 5) is 20.9. The minimum atomic E-state index is -1.12. The van der Waals surface area contributed by atoms with Crippen LogP contribution in [0.1, 0.15) is 70.2 Å². The molecule has 0 bridgehead atoms. The van der Waals surface area contributed by atoms with Gasteiger partial charge in [-0.25, -0.2) is 0 Å². The molecule has 146 valence electrons. The molecule has 0 fully saturated rings. The van der Waals surface area contributed by atoms with E-state index in [1.165, 1.54) is 0 Å². The van der Waals surface area contributed by atoms with Crippen molar-refractivity contribution in [3.05, 3.63) is 24.8 Å². The maximum atomic E-state index is 10.7. The van der Waals surface area contributed by atoms with E-state index in [4.69, 9.17) is 15.5 Å². The molecule has 0 rings (SSSR count). The molecule has 2 N–H and O–H groups in total.